The molecule has 3 nitrogen and oxygen atoms in total. The van der Waals surface area contributed by atoms with E-state index in [2.05, 4.69) is 35.1 Å². The molecule has 0 atom stereocenters. The van der Waals surface area contributed by atoms with Crippen molar-refractivity contribution < 1.29 is 9.90 Å². The molecule has 102 valence electrons. The number of halogens is 1. The van der Waals surface area contributed by atoms with E-state index in [4.69, 9.17) is 5.11 Å². The number of amides is 1. The molecule has 0 spiro atoms. The molecular weight excluding hydrogens is 314 g/mol. The summed E-state index contributed by atoms with van der Waals surface area (Å²) >= 11 is 4.78. The van der Waals surface area contributed by atoms with Crippen LogP contribution in [0.4, 0.5) is 0 Å². The normalized spacial score (nSPS) is 11.6. The lowest BCUT2D eigenvalue weighted by molar-refractivity contribution is 0.0911. The van der Waals surface area contributed by atoms with Gasteiger partial charge in [-0.3, -0.25) is 4.79 Å². The molecule has 1 heterocycles. The predicted molar refractivity (Wildman–Crippen MR) is 79.1 cm³/mol. The Bertz CT molecular complexity index is 388. The molecule has 0 aliphatic carbocycles. The maximum atomic E-state index is 12.0. The van der Waals surface area contributed by atoms with Crippen molar-refractivity contribution in [3.8, 4) is 0 Å². The van der Waals surface area contributed by atoms with E-state index in [1.54, 1.807) is 0 Å². The number of carbonyl (C=O) groups excluding carboxylic acids is 1. The van der Waals surface area contributed by atoms with E-state index in [1.165, 1.54) is 11.3 Å². The number of nitrogens with one attached hydrogen (secondary N) is 1. The number of aliphatic hydroxyl groups excluding tert-OH is 1. The van der Waals surface area contributed by atoms with Crippen molar-refractivity contribution in [1.82, 2.24) is 5.32 Å². The summed E-state index contributed by atoms with van der Waals surface area (Å²) in [6.07, 6.45) is 2.64. The number of thiophene rings is 1. The zero-order valence-corrected chi connectivity index (χ0v) is 13.2. The van der Waals surface area contributed by atoms with Gasteiger partial charge in [-0.05, 0) is 52.7 Å². The lowest BCUT2D eigenvalue weighted by Gasteiger charge is -2.31. The highest BCUT2D eigenvalue weighted by molar-refractivity contribution is 9.11. The third-order valence-electron chi connectivity index (χ3n) is 3.56. The Morgan fingerprint density at radius 1 is 1.44 bits per heavy atom. The monoisotopic (exact) mass is 333 g/mol. The number of carbonyl (C=O) groups is 1. The molecule has 2 N–H and O–H groups in total. The summed E-state index contributed by atoms with van der Waals surface area (Å²) in [6, 6.07) is 3.69. The first kappa shape index (κ1) is 15.7. The molecule has 0 unspecified atom stereocenters. The third kappa shape index (κ3) is 4.07. The van der Waals surface area contributed by atoms with Crippen molar-refractivity contribution in [3.63, 3.8) is 0 Å². The average molecular weight is 334 g/mol. The second kappa shape index (κ2) is 7.26. The van der Waals surface area contributed by atoms with Crippen LogP contribution in [0.2, 0.25) is 0 Å². The van der Waals surface area contributed by atoms with Gasteiger partial charge in [0, 0.05) is 13.2 Å². The molecule has 0 aliphatic heterocycles. The summed E-state index contributed by atoms with van der Waals surface area (Å²) in [5, 5.41) is 12.1. The third-order valence-corrected chi connectivity index (χ3v) is 5.19. The fourth-order valence-corrected chi connectivity index (χ4v) is 3.27. The summed E-state index contributed by atoms with van der Waals surface area (Å²) in [5.41, 5.74) is 0.0128. The van der Waals surface area contributed by atoms with Crippen LogP contribution in [0.5, 0.6) is 0 Å². The van der Waals surface area contributed by atoms with Crippen LogP contribution in [0.15, 0.2) is 15.9 Å². The van der Waals surface area contributed by atoms with Crippen molar-refractivity contribution in [1.29, 1.82) is 0 Å². The second-order valence-electron chi connectivity index (χ2n) is 4.47. The highest BCUT2D eigenvalue weighted by atomic mass is 79.9. The van der Waals surface area contributed by atoms with Crippen LogP contribution < -0.4 is 5.32 Å². The molecule has 0 bridgehead atoms. The topological polar surface area (TPSA) is 49.3 Å². The lowest BCUT2D eigenvalue weighted by atomic mass is 9.79. The molecule has 0 saturated heterocycles. The van der Waals surface area contributed by atoms with Crippen LogP contribution in [0.1, 0.15) is 42.8 Å². The summed E-state index contributed by atoms with van der Waals surface area (Å²) < 4.78 is 0.959. The maximum absolute atomic E-state index is 12.0. The van der Waals surface area contributed by atoms with Gasteiger partial charge in [-0.15, -0.1) is 11.3 Å². The van der Waals surface area contributed by atoms with E-state index < -0.39 is 0 Å². The van der Waals surface area contributed by atoms with E-state index in [9.17, 15) is 4.79 Å². The van der Waals surface area contributed by atoms with Gasteiger partial charge in [0.2, 0.25) is 0 Å². The minimum absolute atomic E-state index is 0.0128. The largest absolute Gasteiger partial charge is 0.396 e. The van der Waals surface area contributed by atoms with Crippen molar-refractivity contribution in [2.24, 2.45) is 5.41 Å². The first-order valence-electron chi connectivity index (χ1n) is 6.21. The standard InChI is InChI=1S/C13H20BrNO2S/c1-3-13(4-2,7-8-16)9-15-12(17)10-5-6-11(14)18-10/h5-6,16H,3-4,7-9H2,1-2H3,(H,15,17). The van der Waals surface area contributed by atoms with Crippen LogP contribution in [-0.4, -0.2) is 24.2 Å². The minimum Gasteiger partial charge on any atom is -0.396 e. The van der Waals surface area contributed by atoms with Gasteiger partial charge < -0.3 is 10.4 Å². The number of aliphatic hydroxyl groups is 1. The first-order valence-corrected chi connectivity index (χ1v) is 7.82. The number of rotatable bonds is 7. The van der Waals surface area contributed by atoms with Gasteiger partial charge in [0.05, 0.1) is 8.66 Å². The molecule has 0 fully saturated rings. The molecule has 0 radical (unpaired) electrons. The Balaban J connectivity index is 2.59. The van der Waals surface area contributed by atoms with Crippen LogP contribution >= 0.6 is 27.3 Å². The lowest BCUT2D eigenvalue weighted by Crippen LogP contribution is -2.37. The maximum Gasteiger partial charge on any atom is 0.261 e. The van der Waals surface area contributed by atoms with Crippen LogP contribution in [0.3, 0.4) is 0 Å². The van der Waals surface area contributed by atoms with E-state index in [1.807, 2.05) is 12.1 Å². The molecule has 0 saturated carbocycles. The van der Waals surface area contributed by atoms with E-state index >= 15 is 0 Å². The zero-order chi connectivity index (χ0) is 13.6. The van der Waals surface area contributed by atoms with Gasteiger partial charge in [0.25, 0.3) is 5.91 Å². The Kier molecular flexibility index (Phi) is 6.32. The van der Waals surface area contributed by atoms with Gasteiger partial charge in [-0.1, -0.05) is 13.8 Å². The molecule has 1 aromatic rings. The van der Waals surface area contributed by atoms with Gasteiger partial charge in [-0.2, -0.15) is 0 Å². The van der Waals surface area contributed by atoms with Crippen LogP contribution in [0.25, 0.3) is 0 Å². The molecule has 0 aliphatic rings. The van der Waals surface area contributed by atoms with E-state index in [0.29, 0.717) is 11.4 Å². The highest BCUT2D eigenvalue weighted by Crippen LogP contribution is 2.29. The van der Waals surface area contributed by atoms with Crippen molar-refractivity contribution in [2.45, 2.75) is 33.1 Å². The van der Waals surface area contributed by atoms with Gasteiger partial charge in [0.15, 0.2) is 0 Å². The first-order chi connectivity index (χ1) is 8.56. The summed E-state index contributed by atoms with van der Waals surface area (Å²) in [6.45, 7) is 5.00. The summed E-state index contributed by atoms with van der Waals surface area (Å²) in [4.78, 5) is 12.7. The van der Waals surface area contributed by atoms with Gasteiger partial charge in [0.1, 0.15) is 0 Å². The smallest absolute Gasteiger partial charge is 0.261 e. The minimum atomic E-state index is -0.0325. The van der Waals surface area contributed by atoms with Gasteiger partial charge in [-0.25, -0.2) is 0 Å². The molecule has 0 aromatic carbocycles. The fraction of sp³-hybridized carbons (Fsp3) is 0.615. The Morgan fingerprint density at radius 3 is 2.56 bits per heavy atom. The Labute approximate surface area is 121 Å². The molecule has 1 aromatic heterocycles. The predicted octanol–water partition coefficient (Wildman–Crippen LogP) is 3.43. The fourth-order valence-electron chi connectivity index (χ4n) is 1.97. The Hall–Kier alpha value is -0.390. The molecule has 18 heavy (non-hydrogen) atoms. The molecule has 1 amide bonds. The quantitative estimate of drug-likeness (QED) is 0.803. The number of hydrogen-bond acceptors (Lipinski definition) is 3. The SMILES string of the molecule is CCC(CC)(CCO)CNC(=O)c1ccc(Br)s1. The second-order valence-corrected chi connectivity index (χ2v) is 6.93. The van der Waals surface area contributed by atoms with E-state index in [-0.39, 0.29) is 17.9 Å². The van der Waals surface area contributed by atoms with Crippen LogP contribution in [0, 0.1) is 5.41 Å². The zero-order valence-electron chi connectivity index (χ0n) is 10.8. The molecular formula is C13H20BrNO2S. The van der Waals surface area contributed by atoms with Crippen molar-refractivity contribution in [2.75, 3.05) is 13.2 Å². The summed E-state index contributed by atoms with van der Waals surface area (Å²) in [5.74, 6) is -0.0325. The van der Waals surface area contributed by atoms with E-state index in [0.717, 1.165) is 23.0 Å². The van der Waals surface area contributed by atoms with Gasteiger partial charge >= 0.3 is 0 Å². The average Bonchev–Trinajstić information content (AvgIpc) is 2.81. The number of hydrogen-bond donors (Lipinski definition) is 2. The van der Waals surface area contributed by atoms with Crippen molar-refractivity contribution in [3.05, 3.63) is 20.8 Å². The summed E-state index contributed by atoms with van der Waals surface area (Å²) in [7, 11) is 0. The molecule has 5 heteroatoms. The van der Waals surface area contributed by atoms with Crippen molar-refractivity contribution >= 4 is 33.2 Å². The molecule has 1 rings (SSSR count). The van der Waals surface area contributed by atoms with Crippen LogP contribution in [-0.2, 0) is 0 Å². The highest BCUT2D eigenvalue weighted by Gasteiger charge is 2.26. The Morgan fingerprint density at radius 2 is 2.11 bits per heavy atom.